The van der Waals surface area contributed by atoms with Gasteiger partial charge in [-0.15, -0.1) is 0 Å². The van der Waals surface area contributed by atoms with Crippen LogP contribution in [0.15, 0.2) is 18.2 Å². The van der Waals surface area contributed by atoms with Gasteiger partial charge in [-0.2, -0.15) is 0 Å². The molecule has 0 atom stereocenters. The number of hydrogen-bond acceptors (Lipinski definition) is 3. The maximum absolute atomic E-state index is 9.74. The second-order valence-corrected chi connectivity index (χ2v) is 5.62. The normalized spacial score (nSPS) is 16.9. The third-order valence-electron chi connectivity index (χ3n) is 3.36. The van der Waals surface area contributed by atoms with Gasteiger partial charge >= 0.3 is 0 Å². The Morgan fingerprint density at radius 3 is 2.82 bits per heavy atom. The molecule has 1 aromatic rings. The predicted molar refractivity (Wildman–Crippen MR) is 70.8 cm³/mol. The number of rotatable bonds is 3. The predicted octanol–water partition coefficient (Wildman–Crippen LogP) is 1.79. The Kier molecular flexibility index (Phi) is 3.40. The molecule has 1 aliphatic heterocycles. The Bertz CT molecular complexity index is 396. The molecule has 0 radical (unpaired) electrons. The first-order valence-electron chi connectivity index (χ1n) is 6.26. The number of nitrogen functional groups attached to an aromatic ring is 1. The lowest BCUT2D eigenvalue weighted by molar-refractivity contribution is 0.0558. The zero-order chi connectivity index (χ0) is 12.5. The van der Waals surface area contributed by atoms with Crippen LogP contribution in [0.2, 0.25) is 0 Å². The minimum atomic E-state index is -0.573. The highest BCUT2D eigenvalue weighted by atomic mass is 16.3. The lowest BCUT2D eigenvalue weighted by atomic mass is 9.98. The zero-order valence-corrected chi connectivity index (χ0v) is 10.7. The van der Waals surface area contributed by atoms with Crippen LogP contribution in [0.25, 0.3) is 0 Å². The molecular weight excluding hydrogens is 212 g/mol. The molecule has 0 fully saturated rings. The number of nitrogens with two attached hydrogens (primary N) is 1. The Hall–Kier alpha value is -1.06. The first kappa shape index (κ1) is 12.4. The quantitative estimate of drug-likeness (QED) is 0.784. The number of fused-ring (bicyclic) bond motifs is 1. The van der Waals surface area contributed by atoms with Crippen molar-refractivity contribution in [2.24, 2.45) is 0 Å². The molecule has 0 bridgehead atoms. The lowest BCUT2D eigenvalue weighted by Crippen LogP contribution is -2.35. The number of nitrogens with zero attached hydrogens (tertiary/aromatic N) is 1. The van der Waals surface area contributed by atoms with E-state index in [2.05, 4.69) is 17.0 Å². The van der Waals surface area contributed by atoms with Crippen molar-refractivity contribution in [2.45, 2.75) is 38.8 Å². The zero-order valence-electron chi connectivity index (χ0n) is 10.7. The third kappa shape index (κ3) is 3.45. The van der Waals surface area contributed by atoms with E-state index in [0.29, 0.717) is 0 Å². The van der Waals surface area contributed by atoms with Crippen LogP contribution in [0, 0.1) is 0 Å². The molecule has 0 spiro atoms. The van der Waals surface area contributed by atoms with E-state index in [9.17, 15) is 5.11 Å². The van der Waals surface area contributed by atoms with Crippen LogP contribution in [-0.2, 0) is 13.0 Å². The van der Waals surface area contributed by atoms with E-state index in [-0.39, 0.29) is 0 Å². The summed E-state index contributed by atoms with van der Waals surface area (Å²) in [7, 11) is 0. The molecule has 1 aliphatic rings. The minimum Gasteiger partial charge on any atom is -0.399 e. The number of aliphatic hydroxyl groups is 1. The summed E-state index contributed by atoms with van der Waals surface area (Å²) in [6.07, 6.45) is 1.89. The molecule has 1 heterocycles. The van der Waals surface area contributed by atoms with Crippen LogP contribution in [0.4, 0.5) is 5.69 Å². The monoisotopic (exact) mass is 234 g/mol. The largest absolute Gasteiger partial charge is 0.399 e. The van der Waals surface area contributed by atoms with Gasteiger partial charge in [0, 0.05) is 25.3 Å². The van der Waals surface area contributed by atoms with Crippen molar-refractivity contribution in [2.75, 3.05) is 18.8 Å². The second-order valence-electron chi connectivity index (χ2n) is 5.62. The first-order chi connectivity index (χ1) is 7.94. The van der Waals surface area contributed by atoms with Gasteiger partial charge in [0.1, 0.15) is 0 Å². The Morgan fingerprint density at radius 2 is 2.12 bits per heavy atom. The average molecular weight is 234 g/mol. The van der Waals surface area contributed by atoms with Crippen LogP contribution >= 0.6 is 0 Å². The van der Waals surface area contributed by atoms with E-state index in [4.69, 9.17) is 5.73 Å². The molecule has 2 rings (SSSR count). The van der Waals surface area contributed by atoms with E-state index in [0.717, 1.165) is 38.2 Å². The van der Waals surface area contributed by atoms with Crippen LogP contribution in [0.1, 0.15) is 31.4 Å². The molecule has 1 aromatic carbocycles. The summed E-state index contributed by atoms with van der Waals surface area (Å²) in [6.45, 7) is 6.70. The van der Waals surface area contributed by atoms with E-state index >= 15 is 0 Å². The maximum Gasteiger partial charge on any atom is 0.0603 e. The summed E-state index contributed by atoms with van der Waals surface area (Å²) in [5, 5.41) is 9.74. The summed E-state index contributed by atoms with van der Waals surface area (Å²) < 4.78 is 0. The fourth-order valence-corrected chi connectivity index (χ4v) is 2.26. The Morgan fingerprint density at radius 1 is 1.35 bits per heavy atom. The van der Waals surface area contributed by atoms with Gasteiger partial charge in [-0.25, -0.2) is 0 Å². The molecule has 3 nitrogen and oxygen atoms in total. The molecular formula is C14H22N2O. The molecule has 3 N–H and O–H groups in total. The van der Waals surface area contributed by atoms with E-state index in [1.807, 2.05) is 19.9 Å². The molecule has 0 saturated carbocycles. The topological polar surface area (TPSA) is 49.5 Å². The molecule has 17 heavy (non-hydrogen) atoms. The van der Waals surface area contributed by atoms with Crippen molar-refractivity contribution in [1.29, 1.82) is 0 Å². The minimum absolute atomic E-state index is 0.573. The van der Waals surface area contributed by atoms with E-state index < -0.39 is 5.60 Å². The first-order valence-corrected chi connectivity index (χ1v) is 6.26. The van der Waals surface area contributed by atoms with Gasteiger partial charge in [-0.1, -0.05) is 6.07 Å². The van der Waals surface area contributed by atoms with Crippen LogP contribution in [0.3, 0.4) is 0 Å². The number of anilines is 1. The highest BCUT2D eigenvalue weighted by molar-refractivity contribution is 5.45. The van der Waals surface area contributed by atoms with Gasteiger partial charge in [0.2, 0.25) is 0 Å². The van der Waals surface area contributed by atoms with Crippen LogP contribution in [0.5, 0.6) is 0 Å². The SMILES string of the molecule is CC(C)(O)CCN1CCc2ccc(N)cc2C1. The number of benzene rings is 1. The molecule has 0 saturated heterocycles. The van der Waals surface area contributed by atoms with Crippen molar-refractivity contribution >= 4 is 5.69 Å². The second kappa shape index (κ2) is 4.67. The van der Waals surface area contributed by atoms with E-state index in [1.165, 1.54) is 11.1 Å². The molecule has 0 unspecified atom stereocenters. The van der Waals surface area contributed by atoms with Gasteiger partial charge in [-0.05, 0) is 49.9 Å². The molecule has 94 valence electrons. The number of hydrogen-bond donors (Lipinski definition) is 2. The molecule has 0 aliphatic carbocycles. The molecule has 0 amide bonds. The highest BCUT2D eigenvalue weighted by Gasteiger charge is 2.19. The van der Waals surface area contributed by atoms with Gasteiger partial charge in [0.05, 0.1) is 5.60 Å². The highest BCUT2D eigenvalue weighted by Crippen LogP contribution is 2.22. The lowest BCUT2D eigenvalue weighted by Gasteiger charge is -2.30. The fourth-order valence-electron chi connectivity index (χ4n) is 2.26. The summed E-state index contributed by atoms with van der Waals surface area (Å²) in [6, 6.07) is 6.19. The van der Waals surface area contributed by atoms with Crippen LogP contribution in [-0.4, -0.2) is 28.7 Å². The van der Waals surface area contributed by atoms with Crippen molar-refractivity contribution in [3.8, 4) is 0 Å². The molecule has 3 heteroatoms. The summed E-state index contributed by atoms with van der Waals surface area (Å²) in [4.78, 5) is 2.39. The summed E-state index contributed by atoms with van der Waals surface area (Å²) >= 11 is 0. The van der Waals surface area contributed by atoms with Gasteiger partial charge < -0.3 is 10.8 Å². The van der Waals surface area contributed by atoms with Crippen molar-refractivity contribution < 1.29 is 5.11 Å². The summed E-state index contributed by atoms with van der Waals surface area (Å²) in [5.41, 5.74) is 8.83. The van der Waals surface area contributed by atoms with E-state index in [1.54, 1.807) is 0 Å². The summed E-state index contributed by atoms with van der Waals surface area (Å²) in [5.74, 6) is 0. The maximum atomic E-state index is 9.74. The Labute approximate surface area is 103 Å². The van der Waals surface area contributed by atoms with Gasteiger partial charge in [-0.3, -0.25) is 4.90 Å². The van der Waals surface area contributed by atoms with Gasteiger partial charge in [0.15, 0.2) is 0 Å². The molecule has 0 aromatic heterocycles. The average Bonchev–Trinajstić information content (AvgIpc) is 2.24. The third-order valence-corrected chi connectivity index (χ3v) is 3.36. The smallest absolute Gasteiger partial charge is 0.0603 e. The van der Waals surface area contributed by atoms with Crippen molar-refractivity contribution in [3.63, 3.8) is 0 Å². The van der Waals surface area contributed by atoms with Crippen molar-refractivity contribution in [1.82, 2.24) is 4.90 Å². The fraction of sp³-hybridized carbons (Fsp3) is 0.571. The van der Waals surface area contributed by atoms with Crippen LogP contribution < -0.4 is 5.73 Å². The van der Waals surface area contributed by atoms with Gasteiger partial charge in [0.25, 0.3) is 0 Å². The standard InChI is InChI=1S/C14H22N2O/c1-14(2,17)6-8-16-7-5-11-3-4-13(15)9-12(11)10-16/h3-4,9,17H,5-8,10,15H2,1-2H3. The van der Waals surface area contributed by atoms with Crippen molar-refractivity contribution in [3.05, 3.63) is 29.3 Å². The Balaban J connectivity index is 1.98.